The van der Waals surface area contributed by atoms with Gasteiger partial charge in [-0.15, -0.1) is 5.10 Å². The second kappa shape index (κ2) is 6.51. The Morgan fingerprint density at radius 3 is 2.76 bits per heavy atom. The van der Waals surface area contributed by atoms with Crippen molar-refractivity contribution in [3.05, 3.63) is 5.69 Å². The Morgan fingerprint density at radius 2 is 2.29 bits per heavy atom. The van der Waals surface area contributed by atoms with Gasteiger partial charge in [0.2, 0.25) is 5.91 Å². The van der Waals surface area contributed by atoms with Crippen molar-refractivity contribution in [3.63, 3.8) is 0 Å². The lowest BCUT2D eigenvalue weighted by Gasteiger charge is -2.19. The van der Waals surface area contributed by atoms with E-state index in [1.807, 2.05) is 25.7 Å². The summed E-state index contributed by atoms with van der Waals surface area (Å²) >= 11 is 1.18. The fourth-order valence-corrected chi connectivity index (χ4v) is 1.83. The highest BCUT2D eigenvalue weighted by Crippen LogP contribution is 2.14. The predicted octanol–water partition coefficient (Wildman–Crippen LogP) is 0.467. The van der Waals surface area contributed by atoms with Crippen LogP contribution < -0.4 is 11.1 Å². The molecule has 0 aliphatic heterocycles. The molecule has 1 heterocycles. The van der Waals surface area contributed by atoms with Gasteiger partial charge in [0, 0.05) is 24.1 Å². The Kier molecular flexibility index (Phi) is 5.30. The molecule has 0 unspecified atom stereocenters. The van der Waals surface area contributed by atoms with Gasteiger partial charge in [0.05, 0.1) is 6.54 Å². The number of nitrogens with zero attached hydrogens (tertiary/aromatic N) is 3. The summed E-state index contributed by atoms with van der Waals surface area (Å²) in [6, 6.07) is 0.159. The minimum absolute atomic E-state index is 0.0172. The molecule has 17 heavy (non-hydrogen) atoms. The van der Waals surface area contributed by atoms with Crippen molar-refractivity contribution >= 4 is 22.4 Å². The minimum atomic E-state index is 0.0172. The number of carbonyl (C=O) groups excluding carboxylic acids is 1. The first-order valence-electron chi connectivity index (χ1n) is 5.61. The first-order valence-corrected chi connectivity index (χ1v) is 6.38. The first kappa shape index (κ1) is 13.9. The molecule has 0 atom stereocenters. The molecular formula is C10H19N5OS. The van der Waals surface area contributed by atoms with E-state index in [9.17, 15) is 4.79 Å². The van der Waals surface area contributed by atoms with Gasteiger partial charge in [-0.05, 0) is 20.4 Å². The summed E-state index contributed by atoms with van der Waals surface area (Å²) in [5, 5.41) is 7.42. The summed E-state index contributed by atoms with van der Waals surface area (Å²) in [5.74, 6) is 0.0172. The molecule has 0 aliphatic carbocycles. The number of amides is 1. The van der Waals surface area contributed by atoms with Crippen LogP contribution in [0, 0.1) is 0 Å². The van der Waals surface area contributed by atoms with E-state index in [4.69, 9.17) is 5.73 Å². The topological polar surface area (TPSA) is 84.1 Å². The number of hydrogen-bond donors (Lipinski definition) is 2. The monoisotopic (exact) mass is 257 g/mol. The summed E-state index contributed by atoms with van der Waals surface area (Å²) < 4.78 is 3.78. The Bertz CT molecular complexity index is 365. The quantitative estimate of drug-likeness (QED) is 0.774. The first-order chi connectivity index (χ1) is 8.02. The number of nitrogens with two attached hydrogens (primary N) is 1. The van der Waals surface area contributed by atoms with E-state index >= 15 is 0 Å². The van der Waals surface area contributed by atoms with Gasteiger partial charge >= 0.3 is 0 Å². The molecule has 96 valence electrons. The van der Waals surface area contributed by atoms with Gasteiger partial charge in [0.1, 0.15) is 10.7 Å². The molecular weight excluding hydrogens is 238 g/mol. The maximum absolute atomic E-state index is 11.6. The van der Waals surface area contributed by atoms with Crippen LogP contribution >= 0.6 is 11.5 Å². The fraction of sp³-hybridized carbons (Fsp3) is 0.700. The molecule has 0 aromatic carbocycles. The second-order valence-electron chi connectivity index (χ2n) is 4.11. The van der Waals surface area contributed by atoms with Crippen molar-refractivity contribution in [1.82, 2.24) is 19.8 Å². The summed E-state index contributed by atoms with van der Waals surface area (Å²) in [6.07, 6.45) is 0. The zero-order chi connectivity index (χ0) is 12.8. The Labute approximate surface area is 105 Å². The average Bonchev–Trinajstić information content (AvgIpc) is 2.62. The normalized spacial score (nSPS) is 11.1. The van der Waals surface area contributed by atoms with Gasteiger partial charge in [0.15, 0.2) is 0 Å². The molecule has 1 amide bonds. The van der Waals surface area contributed by atoms with E-state index in [-0.39, 0.29) is 11.9 Å². The second-order valence-corrected chi connectivity index (χ2v) is 4.90. The van der Waals surface area contributed by atoms with E-state index < -0.39 is 0 Å². The van der Waals surface area contributed by atoms with Crippen LogP contribution in [0.3, 0.4) is 0 Å². The number of aromatic nitrogens is 2. The molecule has 0 fully saturated rings. The van der Waals surface area contributed by atoms with Crippen molar-refractivity contribution in [2.24, 2.45) is 0 Å². The molecule has 0 aliphatic rings. The Morgan fingerprint density at radius 1 is 1.59 bits per heavy atom. The van der Waals surface area contributed by atoms with Gasteiger partial charge in [-0.1, -0.05) is 11.4 Å². The number of rotatable bonds is 6. The highest BCUT2D eigenvalue weighted by atomic mass is 32.1. The smallest absolute Gasteiger partial charge is 0.234 e. The van der Waals surface area contributed by atoms with Gasteiger partial charge in [0.25, 0.3) is 0 Å². The lowest BCUT2D eigenvalue weighted by molar-refractivity contribution is -0.122. The largest absolute Gasteiger partial charge is 0.388 e. The molecule has 0 saturated carbocycles. The molecule has 1 rings (SSSR count). The average molecular weight is 257 g/mol. The Balaban J connectivity index is 2.49. The number of likely N-dealkylation sites (N-methyl/N-ethyl adjacent to an activating group) is 1. The SMILES string of the molecule is CCN(CC(=O)NC(C)C)Cc1nnsc1N. The molecule has 1 aromatic rings. The molecule has 3 N–H and O–H groups in total. The molecule has 0 spiro atoms. The number of carbonyl (C=O) groups is 1. The van der Waals surface area contributed by atoms with E-state index in [1.165, 1.54) is 11.5 Å². The Hall–Kier alpha value is -1.21. The van der Waals surface area contributed by atoms with Gasteiger partial charge in [-0.3, -0.25) is 9.69 Å². The lowest BCUT2D eigenvalue weighted by atomic mass is 10.3. The van der Waals surface area contributed by atoms with Gasteiger partial charge in [-0.25, -0.2) is 0 Å². The standard InChI is InChI=1S/C10H19N5OS/c1-4-15(6-9(16)12-7(2)3)5-8-10(11)17-14-13-8/h7H,4-6,11H2,1-3H3,(H,12,16). The maximum Gasteiger partial charge on any atom is 0.234 e. The van der Waals surface area contributed by atoms with Crippen molar-refractivity contribution in [1.29, 1.82) is 0 Å². The summed E-state index contributed by atoms with van der Waals surface area (Å²) in [6.45, 7) is 7.56. The fourth-order valence-electron chi connectivity index (χ4n) is 1.39. The van der Waals surface area contributed by atoms with E-state index in [2.05, 4.69) is 14.9 Å². The van der Waals surface area contributed by atoms with Crippen LogP contribution in [0.4, 0.5) is 5.00 Å². The molecule has 7 heteroatoms. The van der Waals surface area contributed by atoms with Crippen LogP contribution in [-0.4, -0.2) is 39.5 Å². The van der Waals surface area contributed by atoms with E-state index in [1.54, 1.807) is 0 Å². The molecule has 0 saturated heterocycles. The van der Waals surface area contributed by atoms with Crippen molar-refractivity contribution in [2.45, 2.75) is 33.4 Å². The number of nitrogen functional groups attached to an aromatic ring is 1. The van der Waals surface area contributed by atoms with Crippen LogP contribution in [0.25, 0.3) is 0 Å². The van der Waals surface area contributed by atoms with Crippen molar-refractivity contribution < 1.29 is 4.79 Å². The number of anilines is 1. The van der Waals surface area contributed by atoms with E-state index in [0.717, 1.165) is 12.2 Å². The molecule has 0 bridgehead atoms. The van der Waals surface area contributed by atoms with Crippen LogP contribution in [0.5, 0.6) is 0 Å². The van der Waals surface area contributed by atoms with Crippen molar-refractivity contribution in [3.8, 4) is 0 Å². The van der Waals surface area contributed by atoms with Gasteiger partial charge in [-0.2, -0.15) is 0 Å². The molecule has 1 aromatic heterocycles. The van der Waals surface area contributed by atoms with E-state index in [0.29, 0.717) is 18.1 Å². The summed E-state index contributed by atoms with van der Waals surface area (Å²) in [7, 11) is 0. The lowest BCUT2D eigenvalue weighted by Crippen LogP contribution is -2.39. The van der Waals surface area contributed by atoms with Crippen molar-refractivity contribution in [2.75, 3.05) is 18.8 Å². The number of hydrogen-bond acceptors (Lipinski definition) is 6. The summed E-state index contributed by atoms with van der Waals surface area (Å²) in [4.78, 5) is 13.6. The third kappa shape index (κ3) is 4.66. The molecule has 0 radical (unpaired) electrons. The van der Waals surface area contributed by atoms with Crippen LogP contribution in [0.1, 0.15) is 26.5 Å². The minimum Gasteiger partial charge on any atom is -0.388 e. The van der Waals surface area contributed by atoms with Gasteiger partial charge < -0.3 is 11.1 Å². The third-order valence-electron chi connectivity index (χ3n) is 2.22. The van der Waals surface area contributed by atoms with Crippen LogP contribution in [-0.2, 0) is 11.3 Å². The van der Waals surface area contributed by atoms with Crippen LogP contribution in [0.2, 0.25) is 0 Å². The highest BCUT2D eigenvalue weighted by molar-refractivity contribution is 7.09. The summed E-state index contributed by atoms with van der Waals surface area (Å²) in [5.41, 5.74) is 6.47. The number of nitrogens with one attached hydrogen (secondary N) is 1. The molecule has 6 nitrogen and oxygen atoms in total. The van der Waals surface area contributed by atoms with Crippen LogP contribution in [0.15, 0.2) is 0 Å². The zero-order valence-electron chi connectivity index (χ0n) is 10.4. The zero-order valence-corrected chi connectivity index (χ0v) is 11.3. The predicted molar refractivity (Wildman–Crippen MR) is 68.6 cm³/mol. The highest BCUT2D eigenvalue weighted by Gasteiger charge is 2.13. The maximum atomic E-state index is 11.6. The third-order valence-corrected chi connectivity index (χ3v) is 2.82.